The molecule has 1 saturated heterocycles. The van der Waals surface area contributed by atoms with Gasteiger partial charge in [0.25, 0.3) is 0 Å². The number of nitrogens with zero attached hydrogens (tertiary/aromatic N) is 2. The lowest BCUT2D eigenvalue weighted by Gasteiger charge is -2.39. The molecular weight excluding hydrogens is 348 g/mol. The average Bonchev–Trinajstić information content (AvgIpc) is 2.69. The lowest BCUT2D eigenvalue weighted by atomic mass is 9.82. The van der Waals surface area contributed by atoms with Crippen molar-refractivity contribution in [1.82, 2.24) is 10.2 Å². The van der Waals surface area contributed by atoms with E-state index in [-0.39, 0.29) is 5.91 Å². The molecule has 2 N–H and O–H groups in total. The summed E-state index contributed by atoms with van der Waals surface area (Å²) in [5.74, 6) is 2.04. The molecule has 5 nitrogen and oxygen atoms in total. The topological polar surface area (TPSA) is 56.7 Å². The smallest absolute Gasteiger partial charge is 0.221 e. The summed E-state index contributed by atoms with van der Waals surface area (Å²) in [5, 5.41) is 6.30. The van der Waals surface area contributed by atoms with E-state index in [2.05, 4.69) is 63.8 Å². The first-order valence-electron chi connectivity index (χ1n) is 9.94. The minimum absolute atomic E-state index is 0.0591. The van der Waals surface area contributed by atoms with Gasteiger partial charge in [-0.1, -0.05) is 49.4 Å². The number of likely N-dealkylation sites (tertiary alicyclic amines) is 1. The van der Waals surface area contributed by atoms with Crippen molar-refractivity contribution in [1.29, 1.82) is 0 Å². The SMILES string of the molecule is CN=C(NCc1cccc(NC(C)=O)c1)N1CCC(c2ccccc2)C(C)C1. The Labute approximate surface area is 167 Å². The van der Waals surface area contributed by atoms with Crippen LogP contribution in [0.3, 0.4) is 0 Å². The summed E-state index contributed by atoms with van der Waals surface area (Å²) in [6, 6.07) is 18.7. The van der Waals surface area contributed by atoms with Gasteiger partial charge in [-0.2, -0.15) is 0 Å². The molecule has 0 bridgehead atoms. The second-order valence-corrected chi connectivity index (χ2v) is 7.51. The maximum atomic E-state index is 11.3. The largest absolute Gasteiger partial charge is 0.352 e. The zero-order valence-electron chi connectivity index (χ0n) is 17.0. The Balaban J connectivity index is 1.58. The van der Waals surface area contributed by atoms with E-state index >= 15 is 0 Å². The van der Waals surface area contributed by atoms with Crippen LogP contribution in [0.2, 0.25) is 0 Å². The van der Waals surface area contributed by atoms with Crippen LogP contribution in [-0.2, 0) is 11.3 Å². The van der Waals surface area contributed by atoms with Crippen LogP contribution in [0.15, 0.2) is 59.6 Å². The molecule has 0 radical (unpaired) electrons. The maximum Gasteiger partial charge on any atom is 0.221 e. The fourth-order valence-electron chi connectivity index (χ4n) is 4.01. The van der Waals surface area contributed by atoms with Gasteiger partial charge in [-0.05, 0) is 41.5 Å². The standard InChI is InChI=1S/C23H30N4O/c1-17-16-27(13-12-22(17)20-9-5-4-6-10-20)23(24-3)25-15-19-8-7-11-21(14-19)26-18(2)28/h4-11,14,17,22H,12-13,15-16H2,1-3H3,(H,24,25)(H,26,28). The van der Waals surface area contributed by atoms with E-state index in [0.29, 0.717) is 18.4 Å². The number of anilines is 1. The molecule has 0 spiro atoms. The zero-order chi connectivity index (χ0) is 19.9. The van der Waals surface area contributed by atoms with Crippen molar-refractivity contribution in [2.75, 3.05) is 25.5 Å². The van der Waals surface area contributed by atoms with Crippen LogP contribution in [0.1, 0.15) is 37.3 Å². The summed E-state index contributed by atoms with van der Waals surface area (Å²) in [6.45, 7) is 6.51. The fraction of sp³-hybridized carbons (Fsp3) is 0.391. The number of benzene rings is 2. The van der Waals surface area contributed by atoms with Crippen LogP contribution in [-0.4, -0.2) is 36.9 Å². The highest BCUT2D eigenvalue weighted by Crippen LogP contribution is 2.32. The Morgan fingerprint density at radius 2 is 1.96 bits per heavy atom. The lowest BCUT2D eigenvalue weighted by Crippen LogP contribution is -2.47. The van der Waals surface area contributed by atoms with E-state index in [9.17, 15) is 4.79 Å². The van der Waals surface area contributed by atoms with Crippen LogP contribution in [0.25, 0.3) is 0 Å². The minimum atomic E-state index is -0.0591. The highest BCUT2D eigenvalue weighted by molar-refractivity contribution is 5.88. The minimum Gasteiger partial charge on any atom is -0.352 e. The highest BCUT2D eigenvalue weighted by Gasteiger charge is 2.28. The van der Waals surface area contributed by atoms with Crippen LogP contribution in [0.5, 0.6) is 0 Å². The second kappa shape index (κ2) is 9.40. The normalized spacial score (nSPS) is 20.0. The molecule has 1 aliphatic heterocycles. The lowest BCUT2D eigenvalue weighted by molar-refractivity contribution is -0.114. The molecule has 0 aromatic heterocycles. The van der Waals surface area contributed by atoms with Crippen LogP contribution >= 0.6 is 0 Å². The van der Waals surface area contributed by atoms with Crippen molar-refractivity contribution in [2.45, 2.75) is 32.7 Å². The van der Waals surface area contributed by atoms with Gasteiger partial charge in [0.05, 0.1) is 0 Å². The van der Waals surface area contributed by atoms with E-state index in [1.807, 2.05) is 25.2 Å². The number of guanidine groups is 1. The number of carbonyl (C=O) groups excluding carboxylic acids is 1. The van der Waals surface area contributed by atoms with Gasteiger partial charge < -0.3 is 15.5 Å². The molecule has 5 heteroatoms. The monoisotopic (exact) mass is 378 g/mol. The molecule has 148 valence electrons. The summed E-state index contributed by atoms with van der Waals surface area (Å²) < 4.78 is 0. The van der Waals surface area contributed by atoms with Gasteiger partial charge in [-0.15, -0.1) is 0 Å². The Bertz CT molecular complexity index is 818. The predicted molar refractivity (Wildman–Crippen MR) is 115 cm³/mol. The number of hydrogen-bond donors (Lipinski definition) is 2. The molecule has 2 atom stereocenters. The third-order valence-electron chi connectivity index (χ3n) is 5.34. The quantitative estimate of drug-likeness (QED) is 0.628. The number of piperidine rings is 1. The van der Waals surface area contributed by atoms with E-state index in [1.165, 1.54) is 12.5 Å². The molecule has 28 heavy (non-hydrogen) atoms. The molecule has 2 unspecified atom stereocenters. The summed E-state index contributed by atoms with van der Waals surface area (Å²) in [7, 11) is 1.84. The number of nitrogens with one attached hydrogen (secondary N) is 2. The van der Waals surface area contributed by atoms with Gasteiger partial charge in [0, 0.05) is 39.3 Å². The number of carbonyl (C=O) groups is 1. The summed E-state index contributed by atoms with van der Waals surface area (Å²) >= 11 is 0. The first-order chi connectivity index (χ1) is 13.6. The summed E-state index contributed by atoms with van der Waals surface area (Å²) in [6.07, 6.45) is 1.13. The highest BCUT2D eigenvalue weighted by atomic mass is 16.1. The van der Waals surface area contributed by atoms with Crippen molar-refractivity contribution in [3.8, 4) is 0 Å². The van der Waals surface area contributed by atoms with Gasteiger partial charge in [0.15, 0.2) is 5.96 Å². The second-order valence-electron chi connectivity index (χ2n) is 7.51. The molecule has 0 saturated carbocycles. The number of aliphatic imine (C=N–C) groups is 1. The van der Waals surface area contributed by atoms with Crippen LogP contribution < -0.4 is 10.6 Å². The molecule has 0 aliphatic carbocycles. The van der Waals surface area contributed by atoms with Gasteiger partial charge in [0.1, 0.15) is 0 Å². The van der Waals surface area contributed by atoms with Crippen LogP contribution in [0.4, 0.5) is 5.69 Å². The Morgan fingerprint density at radius 3 is 2.64 bits per heavy atom. The molecule has 1 fully saturated rings. The Hall–Kier alpha value is -2.82. The fourth-order valence-corrected chi connectivity index (χ4v) is 4.01. The Kier molecular flexibility index (Phi) is 6.69. The zero-order valence-corrected chi connectivity index (χ0v) is 17.0. The predicted octanol–water partition coefficient (Wildman–Crippen LogP) is 3.85. The average molecular weight is 379 g/mol. The van der Waals surface area contributed by atoms with Gasteiger partial charge in [-0.25, -0.2) is 0 Å². The van der Waals surface area contributed by atoms with E-state index < -0.39 is 0 Å². The maximum absolute atomic E-state index is 11.3. The third-order valence-corrected chi connectivity index (χ3v) is 5.34. The number of rotatable bonds is 4. The van der Waals surface area contributed by atoms with Crippen molar-refractivity contribution >= 4 is 17.6 Å². The molecule has 2 aromatic carbocycles. The van der Waals surface area contributed by atoms with Crippen molar-refractivity contribution in [3.05, 3.63) is 65.7 Å². The van der Waals surface area contributed by atoms with E-state index in [1.54, 1.807) is 0 Å². The summed E-state index contributed by atoms with van der Waals surface area (Å²) in [4.78, 5) is 18.1. The molecule has 1 heterocycles. The van der Waals surface area contributed by atoms with E-state index in [4.69, 9.17) is 0 Å². The van der Waals surface area contributed by atoms with Gasteiger partial charge >= 0.3 is 0 Å². The molecule has 1 amide bonds. The van der Waals surface area contributed by atoms with Crippen LogP contribution in [0, 0.1) is 5.92 Å². The Morgan fingerprint density at radius 1 is 1.18 bits per heavy atom. The number of hydrogen-bond acceptors (Lipinski definition) is 2. The molecular formula is C23H30N4O. The van der Waals surface area contributed by atoms with Gasteiger partial charge in [-0.3, -0.25) is 9.79 Å². The first-order valence-corrected chi connectivity index (χ1v) is 9.94. The molecule has 2 aromatic rings. The first kappa shape index (κ1) is 19.9. The number of amides is 1. The van der Waals surface area contributed by atoms with Crippen molar-refractivity contribution in [2.24, 2.45) is 10.9 Å². The molecule has 3 rings (SSSR count). The van der Waals surface area contributed by atoms with Crippen molar-refractivity contribution in [3.63, 3.8) is 0 Å². The van der Waals surface area contributed by atoms with E-state index in [0.717, 1.165) is 36.7 Å². The molecule has 1 aliphatic rings. The van der Waals surface area contributed by atoms with Crippen molar-refractivity contribution < 1.29 is 4.79 Å². The van der Waals surface area contributed by atoms with Gasteiger partial charge in [0.2, 0.25) is 5.91 Å². The summed E-state index contributed by atoms with van der Waals surface area (Å²) in [5.41, 5.74) is 3.37. The third kappa shape index (κ3) is 5.12.